The first-order valence-corrected chi connectivity index (χ1v) is 10.7. The lowest BCUT2D eigenvalue weighted by atomic mass is 10.1. The monoisotopic (exact) mass is 407 g/mol. The van der Waals surface area contributed by atoms with E-state index in [0.29, 0.717) is 22.8 Å². The maximum Gasteiger partial charge on any atom is 0.254 e. The van der Waals surface area contributed by atoms with Crippen molar-refractivity contribution in [1.82, 2.24) is 9.97 Å². The predicted molar refractivity (Wildman–Crippen MR) is 118 cm³/mol. The topological polar surface area (TPSA) is 74.8 Å². The lowest BCUT2D eigenvalue weighted by Crippen LogP contribution is -2.20. The first-order chi connectivity index (χ1) is 14.0. The van der Waals surface area contributed by atoms with Gasteiger partial charge in [-0.15, -0.1) is 0 Å². The van der Waals surface area contributed by atoms with E-state index in [2.05, 4.69) is 22.2 Å². The Balaban J connectivity index is 1.59. The van der Waals surface area contributed by atoms with E-state index < -0.39 is 0 Å². The number of hydrogen-bond donors (Lipinski definition) is 2. The van der Waals surface area contributed by atoms with Crippen LogP contribution in [0, 0.1) is 6.92 Å². The molecule has 5 nitrogen and oxygen atoms in total. The average Bonchev–Trinajstić information content (AvgIpc) is 2.72. The van der Waals surface area contributed by atoms with Gasteiger partial charge in [-0.3, -0.25) is 9.59 Å². The summed E-state index contributed by atoms with van der Waals surface area (Å²) in [6.45, 7) is 3.89. The molecule has 0 aliphatic rings. The third-order valence-electron chi connectivity index (χ3n) is 4.64. The van der Waals surface area contributed by atoms with Crippen LogP contribution in [0.4, 0.5) is 5.69 Å². The number of nitrogens with zero attached hydrogens (tertiary/aromatic N) is 1. The van der Waals surface area contributed by atoms with E-state index in [4.69, 9.17) is 0 Å². The lowest BCUT2D eigenvalue weighted by molar-refractivity contribution is -0.116. The van der Waals surface area contributed by atoms with Crippen molar-refractivity contribution in [3.8, 4) is 0 Å². The van der Waals surface area contributed by atoms with Gasteiger partial charge < -0.3 is 10.3 Å². The van der Waals surface area contributed by atoms with Gasteiger partial charge in [-0.05, 0) is 43.0 Å². The number of benzene rings is 2. The molecule has 0 bridgehead atoms. The third-order valence-corrected chi connectivity index (χ3v) is 5.58. The van der Waals surface area contributed by atoms with Gasteiger partial charge in [0.25, 0.3) is 5.56 Å². The van der Waals surface area contributed by atoms with Gasteiger partial charge in [0.1, 0.15) is 0 Å². The minimum Gasteiger partial charge on any atom is -0.326 e. The highest BCUT2D eigenvalue weighted by Crippen LogP contribution is 2.19. The summed E-state index contributed by atoms with van der Waals surface area (Å²) in [5, 5.41) is 3.50. The Morgan fingerprint density at radius 1 is 1.10 bits per heavy atom. The number of H-pyrrole nitrogens is 1. The Hall–Kier alpha value is -2.86. The summed E-state index contributed by atoms with van der Waals surface area (Å²) in [6.07, 6.45) is 1.51. The van der Waals surface area contributed by atoms with Gasteiger partial charge in [-0.25, -0.2) is 4.98 Å². The SMILES string of the molecule is CCc1cccc(NC(=O)CCc2c(C)nc(SCc3ccccc3)[nH]c2=O)c1. The van der Waals surface area contributed by atoms with Crippen LogP contribution in [0.1, 0.15) is 35.7 Å². The van der Waals surface area contributed by atoms with Crippen molar-refractivity contribution in [1.29, 1.82) is 0 Å². The zero-order valence-corrected chi connectivity index (χ0v) is 17.5. The van der Waals surface area contributed by atoms with Crippen LogP contribution in [-0.4, -0.2) is 15.9 Å². The number of carbonyl (C=O) groups excluding carboxylic acids is 1. The van der Waals surface area contributed by atoms with Crippen LogP contribution in [0.5, 0.6) is 0 Å². The molecule has 29 heavy (non-hydrogen) atoms. The normalized spacial score (nSPS) is 10.7. The molecule has 3 rings (SSSR count). The van der Waals surface area contributed by atoms with E-state index in [0.717, 1.165) is 17.9 Å². The van der Waals surface area contributed by atoms with Gasteiger partial charge >= 0.3 is 0 Å². The number of amides is 1. The highest BCUT2D eigenvalue weighted by atomic mass is 32.2. The predicted octanol–water partition coefficient (Wildman–Crippen LogP) is 4.50. The first kappa shape index (κ1) is 20.9. The van der Waals surface area contributed by atoms with Gasteiger partial charge in [-0.1, -0.05) is 61.2 Å². The van der Waals surface area contributed by atoms with E-state index in [9.17, 15) is 9.59 Å². The number of rotatable bonds is 8. The number of anilines is 1. The van der Waals surface area contributed by atoms with Crippen molar-refractivity contribution in [3.63, 3.8) is 0 Å². The molecule has 0 atom stereocenters. The fourth-order valence-corrected chi connectivity index (χ4v) is 3.87. The molecule has 1 amide bonds. The van der Waals surface area contributed by atoms with E-state index >= 15 is 0 Å². The molecular weight excluding hydrogens is 382 g/mol. The fraction of sp³-hybridized carbons (Fsp3) is 0.261. The van der Waals surface area contributed by atoms with Crippen LogP contribution in [0.25, 0.3) is 0 Å². The summed E-state index contributed by atoms with van der Waals surface area (Å²) in [6, 6.07) is 17.8. The maximum atomic E-state index is 12.5. The molecule has 2 N–H and O–H groups in total. The molecule has 0 saturated carbocycles. The molecule has 0 spiro atoms. The van der Waals surface area contributed by atoms with Crippen LogP contribution < -0.4 is 10.9 Å². The molecule has 1 aromatic heterocycles. The van der Waals surface area contributed by atoms with Crippen LogP contribution in [0.3, 0.4) is 0 Å². The number of thioether (sulfide) groups is 1. The Morgan fingerprint density at radius 2 is 1.86 bits per heavy atom. The molecule has 1 heterocycles. The molecule has 0 unspecified atom stereocenters. The van der Waals surface area contributed by atoms with Gasteiger partial charge in [0.15, 0.2) is 5.16 Å². The van der Waals surface area contributed by atoms with Crippen molar-refractivity contribution >= 4 is 23.4 Å². The highest BCUT2D eigenvalue weighted by molar-refractivity contribution is 7.98. The molecule has 0 saturated heterocycles. The maximum absolute atomic E-state index is 12.5. The summed E-state index contributed by atoms with van der Waals surface area (Å²) in [4.78, 5) is 32.1. The largest absolute Gasteiger partial charge is 0.326 e. The zero-order chi connectivity index (χ0) is 20.6. The van der Waals surface area contributed by atoms with E-state index in [1.807, 2.05) is 61.5 Å². The molecule has 6 heteroatoms. The molecule has 0 fully saturated rings. The molecule has 150 valence electrons. The number of aryl methyl sites for hydroxylation is 2. The Labute approximate surface area is 175 Å². The van der Waals surface area contributed by atoms with Crippen molar-refractivity contribution in [2.24, 2.45) is 0 Å². The number of carbonyl (C=O) groups is 1. The van der Waals surface area contributed by atoms with E-state index in [-0.39, 0.29) is 17.9 Å². The van der Waals surface area contributed by atoms with Crippen LogP contribution in [0.15, 0.2) is 64.5 Å². The zero-order valence-electron chi connectivity index (χ0n) is 16.7. The molecule has 3 aromatic rings. The number of aromatic amines is 1. The second-order valence-electron chi connectivity index (χ2n) is 6.81. The van der Waals surface area contributed by atoms with Crippen molar-refractivity contribution < 1.29 is 4.79 Å². The lowest BCUT2D eigenvalue weighted by Gasteiger charge is -2.09. The van der Waals surface area contributed by atoms with Gasteiger partial charge in [0.05, 0.1) is 0 Å². The van der Waals surface area contributed by atoms with Gasteiger partial charge in [-0.2, -0.15) is 0 Å². The van der Waals surface area contributed by atoms with Crippen molar-refractivity contribution in [2.45, 2.75) is 44.0 Å². The fourth-order valence-electron chi connectivity index (χ4n) is 3.00. The Bertz CT molecular complexity index is 1030. The summed E-state index contributed by atoms with van der Waals surface area (Å²) in [5.41, 5.74) is 4.18. The first-order valence-electron chi connectivity index (χ1n) is 9.70. The summed E-state index contributed by atoms with van der Waals surface area (Å²) in [5.74, 6) is 0.626. The smallest absolute Gasteiger partial charge is 0.254 e. The summed E-state index contributed by atoms with van der Waals surface area (Å²) in [7, 11) is 0. The summed E-state index contributed by atoms with van der Waals surface area (Å²) >= 11 is 1.49. The van der Waals surface area contributed by atoms with Crippen LogP contribution in [-0.2, 0) is 23.4 Å². The quantitative estimate of drug-likeness (QED) is 0.426. The van der Waals surface area contributed by atoms with E-state index in [1.165, 1.54) is 22.9 Å². The molecule has 0 radical (unpaired) electrons. The second kappa shape index (κ2) is 10.1. The highest BCUT2D eigenvalue weighted by Gasteiger charge is 2.11. The van der Waals surface area contributed by atoms with Crippen molar-refractivity contribution in [2.75, 3.05) is 5.32 Å². The third kappa shape index (κ3) is 6.06. The van der Waals surface area contributed by atoms with Crippen LogP contribution in [0.2, 0.25) is 0 Å². The van der Waals surface area contributed by atoms with Crippen LogP contribution >= 0.6 is 11.8 Å². The Morgan fingerprint density at radius 3 is 2.59 bits per heavy atom. The number of nitrogens with one attached hydrogen (secondary N) is 2. The van der Waals surface area contributed by atoms with E-state index in [1.54, 1.807) is 0 Å². The van der Waals surface area contributed by atoms with Gasteiger partial charge in [0, 0.05) is 29.1 Å². The standard InChI is InChI=1S/C23H25N3O2S/c1-3-17-10-7-11-19(14-17)25-21(27)13-12-20-16(2)24-23(26-22(20)28)29-15-18-8-5-4-6-9-18/h4-11,14H,3,12-13,15H2,1-2H3,(H,25,27)(H,24,26,28). The number of hydrogen-bond acceptors (Lipinski definition) is 4. The molecular formula is C23H25N3O2S. The molecule has 0 aliphatic carbocycles. The summed E-state index contributed by atoms with van der Waals surface area (Å²) < 4.78 is 0. The molecule has 2 aromatic carbocycles. The van der Waals surface area contributed by atoms with Gasteiger partial charge in [0.2, 0.25) is 5.91 Å². The minimum absolute atomic E-state index is 0.111. The minimum atomic E-state index is -0.172. The Kier molecular flexibility index (Phi) is 7.25. The molecule has 0 aliphatic heterocycles. The average molecular weight is 408 g/mol. The number of aromatic nitrogens is 2. The second-order valence-corrected chi connectivity index (χ2v) is 7.78. The van der Waals surface area contributed by atoms with Crippen molar-refractivity contribution in [3.05, 3.63) is 87.3 Å².